The molecule has 0 bridgehead atoms. The molecule has 3 aromatic carbocycles. The van der Waals surface area contributed by atoms with Gasteiger partial charge in [0.05, 0.1) is 0 Å². The number of benzene rings is 3. The smallest absolute Gasteiger partial charge is 0.0463 e. The van der Waals surface area contributed by atoms with E-state index in [2.05, 4.69) is 73.7 Å². The Morgan fingerprint density at radius 2 is 1.19 bits per heavy atom. The molecule has 0 unspecified atom stereocenters. The Hall–Kier alpha value is -2.34. The van der Waals surface area contributed by atoms with Crippen molar-refractivity contribution in [2.45, 2.75) is 90.4 Å². The summed E-state index contributed by atoms with van der Waals surface area (Å²) < 4.78 is 0. The zero-order valence-electron chi connectivity index (χ0n) is 20.4. The number of rotatable bonds is 9. The summed E-state index contributed by atoms with van der Waals surface area (Å²) in [5, 5.41) is 0. The Morgan fingerprint density at radius 3 is 1.75 bits per heavy atom. The maximum atomic E-state index is 2.54. The standard InChI is InChI=1S/C30H34.C2H6/c1-2-3-4-5-6-7-12-21-30(25-20-19-23-17-18-24(23)22-25)28-15-10-8-13-26(28)27-14-9-11-16-29(27)30;1-2/h8-11,13-16,19-20,22H,2-7,12,17-18,21H2,1H3;1-2H3. The fourth-order valence-corrected chi connectivity index (χ4v) is 5.86. The van der Waals surface area contributed by atoms with Crippen molar-refractivity contribution in [2.75, 3.05) is 0 Å². The molecule has 168 valence electrons. The van der Waals surface area contributed by atoms with Crippen LogP contribution in [0.3, 0.4) is 0 Å². The Balaban J connectivity index is 0.00000119. The molecule has 0 saturated carbocycles. The predicted octanol–water partition coefficient (Wildman–Crippen LogP) is 9.27. The molecule has 32 heavy (non-hydrogen) atoms. The third kappa shape index (κ3) is 4.05. The van der Waals surface area contributed by atoms with E-state index in [0.29, 0.717) is 0 Å². The third-order valence-corrected chi connectivity index (χ3v) is 7.58. The van der Waals surface area contributed by atoms with Crippen LogP contribution in [0.1, 0.15) is 100.0 Å². The lowest BCUT2D eigenvalue weighted by Gasteiger charge is -2.35. The van der Waals surface area contributed by atoms with Crippen LogP contribution >= 0.6 is 0 Å². The highest BCUT2D eigenvalue weighted by Crippen LogP contribution is 2.55. The zero-order chi connectivity index (χ0) is 22.4. The predicted molar refractivity (Wildman–Crippen MR) is 140 cm³/mol. The number of hydrogen-bond donors (Lipinski definition) is 0. The van der Waals surface area contributed by atoms with Crippen LogP contribution in [0, 0.1) is 0 Å². The fourth-order valence-electron chi connectivity index (χ4n) is 5.86. The molecule has 0 N–H and O–H groups in total. The average Bonchev–Trinajstić information content (AvgIpc) is 3.12. The van der Waals surface area contributed by atoms with Gasteiger partial charge in [0, 0.05) is 5.41 Å². The van der Waals surface area contributed by atoms with Gasteiger partial charge in [0.1, 0.15) is 0 Å². The highest BCUT2D eigenvalue weighted by atomic mass is 14.5. The van der Waals surface area contributed by atoms with Crippen LogP contribution in [-0.2, 0) is 18.3 Å². The lowest BCUT2D eigenvalue weighted by molar-refractivity contribution is 0.503. The Kier molecular flexibility index (Phi) is 7.51. The number of aryl methyl sites for hydroxylation is 2. The van der Waals surface area contributed by atoms with Gasteiger partial charge in [0.15, 0.2) is 0 Å². The molecule has 0 aliphatic heterocycles. The highest BCUT2D eigenvalue weighted by Gasteiger charge is 2.44. The molecule has 0 radical (unpaired) electrons. The number of fused-ring (bicyclic) bond motifs is 4. The van der Waals surface area contributed by atoms with Crippen molar-refractivity contribution < 1.29 is 0 Å². The van der Waals surface area contributed by atoms with E-state index in [1.165, 1.54) is 92.0 Å². The fraction of sp³-hybridized carbons (Fsp3) is 0.438. The van der Waals surface area contributed by atoms with Crippen LogP contribution in [0.15, 0.2) is 66.7 Å². The van der Waals surface area contributed by atoms with Crippen LogP contribution < -0.4 is 0 Å². The minimum absolute atomic E-state index is 0.0151. The summed E-state index contributed by atoms with van der Waals surface area (Å²) >= 11 is 0. The van der Waals surface area contributed by atoms with Gasteiger partial charge in [-0.1, -0.05) is 132 Å². The first-order valence-electron chi connectivity index (χ1n) is 13.2. The molecule has 2 aliphatic rings. The number of hydrogen-bond acceptors (Lipinski definition) is 0. The van der Waals surface area contributed by atoms with Crippen molar-refractivity contribution in [3.05, 3.63) is 94.5 Å². The molecule has 0 heteroatoms. The summed E-state index contributed by atoms with van der Waals surface area (Å²) in [4.78, 5) is 0. The van der Waals surface area contributed by atoms with E-state index in [-0.39, 0.29) is 5.41 Å². The molecule has 5 rings (SSSR count). The maximum absolute atomic E-state index is 2.54. The second kappa shape index (κ2) is 10.5. The second-order valence-electron chi connectivity index (χ2n) is 9.35. The van der Waals surface area contributed by atoms with Crippen molar-refractivity contribution >= 4 is 0 Å². The molecule has 0 heterocycles. The van der Waals surface area contributed by atoms with Gasteiger partial charge in [0.25, 0.3) is 0 Å². The summed E-state index contributed by atoms with van der Waals surface area (Å²) in [6, 6.07) is 25.8. The van der Waals surface area contributed by atoms with E-state index in [0.717, 1.165) is 0 Å². The molecule has 0 fully saturated rings. The normalized spacial score (nSPS) is 14.5. The largest absolute Gasteiger partial charge is 0.0683 e. The molecular formula is C32H40. The van der Waals surface area contributed by atoms with E-state index < -0.39 is 0 Å². The summed E-state index contributed by atoms with van der Waals surface area (Å²) in [5.41, 5.74) is 10.6. The summed E-state index contributed by atoms with van der Waals surface area (Å²) in [6.07, 6.45) is 13.3. The first-order valence-corrected chi connectivity index (χ1v) is 13.2. The Morgan fingerprint density at radius 1 is 0.625 bits per heavy atom. The SMILES string of the molecule is CC.CCCCCCCCCC1(c2ccc3c(c2)CC3)c2ccccc2-c2ccccc21. The average molecular weight is 425 g/mol. The van der Waals surface area contributed by atoms with Gasteiger partial charge < -0.3 is 0 Å². The topological polar surface area (TPSA) is 0 Å². The van der Waals surface area contributed by atoms with E-state index >= 15 is 0 Å². The third-order valence-electron chi connectivity index (χ3n) is 7.58. The first-order chi connectivity index (χ1) is 15.8. The van der Waals surface area contributed by atoms with Gasteiger partial charge in [-0.15, -0.1) is 0 Å². The van der Waals surface area contributed by atoms with Gasteiger partial charge in [-0.2, -0.15) is 0 Å². The minimum Gasteiger partial charge on any atom is -0.0683 e. The maximum Gasteiger partial charge on any atom is 0.0463 e. The summed E-state index contributed by atoms with van der Waals surface area (Å²) in [6.45, 7) is 6.30. The van der Waals surface area contributed by atoms with Crippen molar-refractivity contribution in [3.63, 3.8) is 0 Å². The van der Waals surface area contributed by atoms with E-state index in [1.54, 1.807) is 11.1 Å². The van der Waals surface area contributed by atoms with E-state index in [9.17, 15) is 0 Å². The molecule has 0 saturated heterocycles. The van der Waals surface area contributed by atoms with Crippen LogP contribution in [0.25, 0.3) is 11.1 Å². The van der Waals surface area contributed by atoms with Crippen LogP contribution in [0.5, 0.6) is 0 Å². The molecular weight excluding hydrogens is 384 g/mol. The van der Waals surface area contributed by atoms with Crippen molar-refractivity contribution in [1.29, 1.82) is 0 Å². The van der Waals surface area contributed by atoms with Gasteiger partial charge in [-0.3, -0.25) is 0 Å². The van der Waals surface area contributed by atoms with Crippen molar-refractivity contribution in [1.82, 2.24) is 0 Å². The quantitative estimate of drug-likeness (QED) is 0.300. The Labute approximate surface area is 196 Å². The van der Waals surface area contributed by atoms with Crippen LogP contribution in [0.4, 0.5) is 0 Å². The second-order valence-corrected chi connectivity index (χ2v) is 9.35. The molecule has 0 spiro atoms. The summed E-state index contributed by atoms with van der Waals surface area (Å²) in [7, 11) is 0. The summed E-state index contributed by atoms with van der Waals surface area (Å²) in [5.74, 6) is 0. The zero-order valence-corrected chi connectivity index (χ0v) is 20.4. The van der Waals surface area contributed by atoms with Gasteiger partial charge in [-0.05, 0) is 58.2 Å². The highest BCUT2D eigenvalue weighted by molar-refractivity contribution is 5.83. The molecule has 2 aliphatic carbocycles. The minimum atomic E-state index is 0.0151. The molecule has 3 aromatic rings. The number of unbranched alkanes of at least 4 members (excludes halogenated alkanes) is 6. The van der Waals surface area contributed by atoms with E-state index in [1.807, 2.05) is 13.8 Å². The molecule has 0 aromatic heterocycles. The van der Waals surface area contributed by atoms with Crippen LogP contribution in [-0.4, -0.2) is 0 Å². The van der Waals surface area contributed by atoms with Gasteiger partial charge >= 0.3 is 0 Å². The van der Waals surface area contributed by atoms with Gasteiger partial charge in [-0.25, -0.2) is 0 Å². The van der Waals surface area contributed by atoms with Crippen molar-refractivity contribution in [3.8, 4) is 11.1 Å². The van der Waals surface area contributed by atoms with E-state index in [4.69, 9.17) is 0 Å². The van der Waals surface area contributed by atoms with Gasteiger partial charge in [0.2, 0.25) is 0 Å². The molecule has 0 nitrogen and oxygen atoms in total. The lowest BCUT2D eigenvalue weighted by Crippen LogP contribution is -2.28. The lowest BCUT2D eigenvalue weighted by atomic mass is 9.68. The Bertz CT molecular complexity index is 980. The van der Waals surface area contributed by atoms with Crippen molar-refractivity contribution in [2.24, 2.45) is 0 Å². The monoisotopic (exact) mass is 424 g/mol. The molecule has 0 amide bonds. The van der Waals surface area contributed by atoms with Crippen LogP contribution in [0.2, 0.25) is 0 Å². The first kappa shape index (κ1) is 22.8. The molecule has 0 atom stereocenters.